The van der Waals surface area contributed by atoms with Gasteiger partial charge in [0.25, 0.3) is 0 Å². The Morgan fingerprint density at radius 1 is 1.44 bits per heavy atom. The largest absolute Gasteiger partial charge is 0.292 e. The monoisotopic (exact) mass is 324 g/mol. The second kappa shape index (κ2) is 4.23. The molecule has 0 bridgehead atoms. The molecule has 1 aromatic rings. The number of sulfone groups is 1. The SMILES string of the molecule is Cc1sc(C(=O)C(C)(C)S(C)(=O)=O)cc1Br. The highest BCUT2D eigenvalue weighted by atomic mass is 79.9. The molecule has 0 fully saturated rings. The van der Waals surface area contributed by atoms with Crippen molar-refractivity contribution in [1.82, 2.24) is 0 Å². The van der Waals surface area contributed by atoms with Crippen LogP contribution in [-0.4, -0.2) is 25.2 Å². The van der Waals surface area contributed by atoms with Crippen molar-refractivity contribution >= 4 is 42.9 Å². The predicted octanol–water partition coefficient (Wildman–Crippen LogP) is 2.82. The van der Waals surface area contributed by atoms with Gasteiger partial charge < -0.3 is 0 Å². The molecule has 1 aromatic heterocycles. The van der Waals surface area contributed by atoms with Crippen molar-refractivity contribution in [3.05, 3.63) is 20.3 Å². The maximum atomic E-state index is 12.1. The summed E-state index contributed by atoms with van der Waals surface area (Å²) >= 11 is 4.61. The third kappa shape index (κ3) is 2.38. The van der Waals surface area contributed by atoms with Gasteiger partial charge in [-0.1, -0.05) is 0 Å². The first-order valence-corrected chi connectivity index (χ1v) is 8.08. The van der Waals surface area contributed by atoms with Gasteiger partial charge in [0.05, 0.1) is 4.88 Å². The first kappa shape index (κ1) is 13.9. The summed E-state index contributed by atoms with van der Waals surface area (Å²) in [4.78, 5) is 13.5. The predicted molar refractivity (Wildman–Crippen MR) is 70.0 cm³/mol. The Kier molecular flexibility index (Phi) is 3.67. The van der Waals surface area contributed by atoms with Gasteiger partial charge in [0.1, 0.15) is 4.75 Å². The molecule has 1 heterocycles. The lowest BCUT2D eigenvalue weighted by Crippen LogP contribution is -2.39. The van der Waals surface area contributed by atoms with Crippen LogP contribution < -0.4 is 0 Å². The van der Waals surface area contributed by atoms with Gasteiger partial charge in [0, 0.05) is 15.6 Å². The summed E-state index contributed by atoms with van der Waals surface area (Å²) in [7, 11) is -3.41. The molecule has 1 rings (SSSR count). The van der Waals surface area contributed by atoms with Crippen molar-refractivity contribution in [3.8, 4) is 0 Å². The minimum Gasteiger partial charge on any atom is -0.292 e. The van der Waals surface area contributed by atoms with Gasteiger partial charge >= 0.3 is 0 Å². The van der Waals surface area contributed by atoms with Crippen molar-refractivity contribution in [2.45, 2.75) is 25.5 Å². The van der Waals surface area contributed by atoms with Crippen molar-refractivity contribution < 1.29 is 13.2 Å². The summed E-state index contributed by atoms with van der Waals surface area (Å²) in [5, 5.41) is 0. The first-order valence-electron chi connectivity index (χ1n) is 4.57. The van der Waals surface area contributed by atoms with E-state index in [0.29, 0.717) is 4.88 Å². The lowest BCUT2D eigenvalue weighted by Gasteiger charge is -2.19. The maximum Gasteiger partial charge on any atom is 0.193 e. The van der Waals surface area contributed by atoms with E-state index in [0.717, 1.165) is 15.6 Å². The van der Waals surface area contributed by atoms with Crippen molar-refractivity contribution in [3.63, 3.8) is 0 Å². The Morgan fingerprint density at radius 3 is 2.25 bits per heavy atom. The summed E-state index contributed by atoms with van der Waals surface area (Å²) < 4.78 is 22.5. The fourth-order valence-electron chi connectivity index (χ4n) is 1.04. The van der Waals surface area contributed by atoms with Crippen LogP contribution in [0.1, 0.15) is 28.4 Å². The third-order valence-corrected chi connectivity index (χ3v) is 6.73. The number of aryl methyl sites for hydroxylation is 1. The third-order valence-electron chi connectivity index (χ3n) is 2.55. The molecule has 0 N–H and O–H groups in total. The van der Waals surface area contributed by atoms with E-state index >= 15 is 0 Å². The molecule has 0 aliphatic carbocycles. The standard InChI is InChI=1S/C10H13BrO3S2/c1-6-7(11)5-8(15-6)9(12)10(2,3)16(4,13)14/h5H,1-4H3. The summed E-state index contributed by atoms with van der Waals surface area (Å²) in [6.07, 6.45) is 1.08. The summed E-state index contributed by atoms with van der Waals surface area (Å²) in [5.74, 6) is -0.353. The fourth-order valence-corrected chi connectivity index (χ4v) is 3.18. The number of rotatable bonds is 3. The molecule has 0 radical (unpaired) electrons. The molecule has 0 aliphatic rings. The molecule has 0 aliphatic heterocycles. The van der Waals surface area contributed by atoms with Crippen molar-refractivity contribution in [2.75, 3.05) is 6.26 Å². The molecule has 0 saturated carbocycles. The Morgan fingerprint density at radius 2 is 1.94 bits per heavy atom. The number of carbonyl (C=O) groups excluding carboxylic acids is 1. The van der Waals surface area contributed by atoms with Crippen LogP contribution in [0.3, 0.4) is 0 Å². The smallest absolute Gasteiger partial charge is 0.193 e. The molecule has 0 saturated heterocycles. The number of ketones is 1. The second-order valence-corrected chi connectivity index (χ2v) is 8.80. The van der Waals surface area contributed by atoms with Crippen LogP contribution in [0.2, 0.25) is 0 Å². The molecule has 16 heavy (non-hydrogen) atoms. The van der Waals surface area contributed by atoms with Gasteiger partial charge in [0.2, 0.25) is 0 Å². The van der Waals surface area contributed by atoms with Gasteiger partial charge in [-0.05, 0) is 42.8 Å². The van der Waals surface area contributed by atoms with Gasteiger partial charge in [0.15, 0.2) is 15.6 Å². The lowest BCUT2D eigenvalue weighted by molar-refractivity contribution is 0.0958. The van der Waals surface area contributed by atoms with E-state index < -0.39 is 14.6 Å². The highest BCUT2D eigenvalue weighted by Crippen LogP contribution is 2.31. The van der Waals surface area contributed by atoms with E-state index in [-0.39, 0.29) is 5.78 Å². The Labute approximate surface area is 108 Å². The van der Waals surface area contributed by atoms with E-state index in [9.17, 15) is 13.2 Å². The number of hydrogen-bond acceptors (Lipinski definition) is 4. The van der Waals surface area contributed by atoms with Gasteiger partial charge in [-0.25, -0.2) is 8.42 Å². The van der Waals surface area contributed by atoms with Crippen LogP contribution >= 0.6 is 27.3 Å². The number of hydrogen-bond donors (Lipinski definition) is 0. The van der Waals surface area contributed by atoms with Gasteiger partial charge in [-0.2, -0.15) is 0 Å². The van der Waals surface area contributed by atoms with E-state index in [1.807, 2.05) is 6.92 Å². The Bertz CT molecular complexity index is 507. The van der Waals surface area contributed by atoms with Crippen LogP contribution in [0.15, 0.2) is 10.5 Å². The number of halogens is 1. The molecule has 0 atom stereocenters. The fraction of sp³-hybridized carbons (Fsp3) is 0.500. The Hall–Kier alpha value is -0.200. The average Bonchev–Trinajstić information content (AvgIpc) is 2.43. The highest BCUT2D eigenvalue weighted by Gasteiger charge is 2.39. The van der Waals surface area contributed by atoms with Crippen molar-refractivity contribution in [2.24, 2.45) is 0 Å². The summed E-state index contributed by atoms with van der Waals surface area (Å²) in [5.41, 5.74) is 0. The molecule has 3 nitrogen and oxygen atoms in total. The maximum absolute atomic E-state index is 12.1. The van der Waals surface area contributed by atoms with E-state index in [1.54, 1.807) is 6.07 Å². The molecular weight excluding hydrogens is 312 g/mol. The Balaban J connectivity index is 3.23. The zero-order chi connectivity index (χ0) is 12.7. The van der Waals surface area contributed by atoms with Crippen LogP contribution in [0.25, 0.3) is 0 Å². The van der Waals surface area contributed by atoms with E-state index in [4.69, 9.17) is 0 Å². The highest BCUT2D eigenvalue weighted by molar-refractivity contribution is 9.10. The molecule has 0 spiro atoms. The van der Waals surface area contributed by atoms with Crippen LogP contribution in [-0.2, 0) is 9.84 Å². The lowest BCUT2D eigenvalue weighted by atomic mass is 10.1. The summed E-state index contributed by atoms with van der Waals surface area (Å²) in [6, 6.07) is 1.68. The molecule has 0 unspecified atom stereocenters. The zero-order valence-corrected chi connectivity index (χ0v) is 12.7. The zero-order valence-electron chi connectivity index (χ0n) is 9.50. The summed E-state index contributed by atoms with van der Waals surface area (Å²) in [6.45, 7) is 4.75. The minimum absolute atomic E-state index is 0.353. The normalized spacial score (nSPS) is 12.8. The molecule has 0 amide bonds. The second-order valence-electron chi connectivity index (χ2n) is 4.13. The quantitative estimate of drug-likeness (QED) is 0.803. The molecule has 6 heteroatoms. The van der Waals surface area contributed by atoms with Crippen molar-refractivity contribution in [1.29, 1.82) is 0 Å². The van der Waals surface area contributed by atoms with E-state index in [1.165, 1.54) is 25.2 Å². The topological polar surface area (TPSA) is 51.2 Å². The number of thiophene rings is 1. The van der Waals surface area contributed by atoms with Gasteiger partial charge in [-0.3, -0.25) is 4.79 Å². The van der Waals surface area contributed by atoms with Crippen LogP contribution in [0.5, 0.6) is 0 Å². The number of carbonyl (C=O) groups is 1. The minimum atomic E-state index is -3.41. The molecule has 90 valence electrons. The van der Waals surface area contributed by atoms with Gasteiger partial charge in [-0.15, -0.1) is 11.3 Å². The van der Waals surface area contributed by atoms with Crippen LogP contribution in [0.4, 0.5) is 0 Å². The molecule has 0 aromatic carbocycles. The first-order chi connectivity index (χ1) is 7.07. The van der Waals surface area contributed by atoms with E-state index in [2.05, 4.69) is 15.9 Å². The molecular formula is C10H13BrO3S2. The average molecular weight is 325 g/mol. The van der Waals surface area contributed by atoms with Crippen LogP contribution in [0, 0.1) is 6.92 Å². The number of Topliss-reactive ketones (excluding diaryl/α,β-unsaturated/α-hetero) is 1.